The lowest BCUT2D eigenvalue weighted by molar-refractivity contribution is 0.0698. The van der Waals surface area contributed by atoms with Crippen LogP contribution in [0.5, 0.6) is 0 Å². The van der Waals surface area contributed by atoms with Crippen molar-refractivity contribution in [1.82, 2.24) is 14.2 Å². The third kappa shape index (κ3) is 5.25. The molecule has 31 heavy (non-hydrogen) atoms. The Balaban J connectivity index is 1.68. The molecule has 3 rings (SSSR count). The maximum atomic E-state index is 13.1. The van der Waals surface area contributed by atoms with Crippen molar-refractivity contribution in [2.75, 3.05) is 31.5 Å². The molecule has 0 bridgehead atoms. The Labute approximate surface area is 185 Å². The van der Waals surface area contributed by atoms with Crippen LogP contribution in [0, 0.1) is 0 Å². The van der Waals surface area contributed by atoms with Gasteiger partial charge in [-0.15, -0.1) is 0 Å². The zero-order valence-corrected chi connectivity index (χ0v) is 19.5. The number of sulfonamides is 1. The first-order valence-electron chi connectivity index (χ1n) is 10.8. The SMILES string of the molecule is CCC(C)c1ccc(S(=O)(=O)N2CCN(C(=O)c3cccnc3NC(C)C)CC2)cc1. The molecule has 1 unspecified atom stereocenters. The number of anilines is 1. The number of nitrogens with zero attached hydrogens (tertiary/aromatic N) is 3. The second-order valence-electron chi connectivity index (χ2n) is 8.27. The van der Waals surface area contributed by atoms with Crippen LogP contribution in [0.25, 0.3) is 0 Å². The van der Waals surface area contributed by atoms with Gasteiger partial charge in [-0.05, 0) is 56.0 Å². The van der Waals surface area contributed by atoms with Gasteiger partial charge >= 0.3 is 0 Å². The molecule has 168 valence electrons. The highest BCUT2D eigenvalue weighted by Crippen LogP contribution is 2.24. The minimum atomic E-state index is -3.58. The van der Waals surface area contributed by atoms with E-state index in [0.717, 1.165) is 12.0 Å². The molecule has 7 nitrogen and oxygen atoms in total. The van der Waals surface area contributed by atoms with Crippen LogP contribution in [0.3, 0.4) is 0 Å². The number of rotatable bonds is 7. The van der Waals surface area contributed by atoms with E-state index in [1.54, 1.807) is 35.4 Å². The number of nitrogens with one attached hydrogen (secondary N) is 1. The molecule has 1 aliphatic heterocycles. The molecule has 1 aromatic carbocycles. The van der Waals surface area contributed by atoms with Gasteiger partial charge in [-0.3, -0.25) is 4.79 Å². The molecule has 2 aromatic rings. The molecule has 0 spiro atoms. The van der Waals surface area contributed by atoms with Crippen molar-refractivity contribution < 1.29 is 13.2 Å². The number of amides is 1. The predicted molar refractivity (Wildman–Crippen MR) is 123 cm³/mol. The zero-order valence-electron chi connectivity index (χ0n) is 18.7. The van der Waals surface area contributed by atoms with Crippen molar-refractivity contribution >= 4 is 21.7 Å². The number of hydrogen-bond acceptors (Lipinski definition) is 5. The highest BCUT2D eigenvalue weighted by atomic mass is 32.2. The van der Waals surface area contributed by atoms with E-state index >= 15 is 0 Å². The van der Waals surface area contributed by atoms with Crippen molar-refractivity contribution in [1.29, 1.82) is 0 Å². The molecule has 0 aliphatic carbocycles. The van der Waals surface area contributed by atoms with Crippen LogP contribution in [0.4, 0.5) is 5.82 Å². The summed E-state index contributed by atoms with van der Waals surface area (Å²) in [7, 11) is -3.58. The third-order valence-electron chi connectivity index (χ3n) is 5.69. The van der Waals surface area contributed by atoms with Gasteiger partial charge in [0.1, 0.15) is 5.82 Å². The maximum absolute atomic E-state index is 13.1. The van der Waals surface area contributed by atoms with Crippen molar-refractivity contribution in [3.63, 3.8) is 0 Å². The van der Waals surface area contributed by atoms with Crippen LogP contribution in [0.1, 0.15) is 56.0 Å². The summed E-state index contributed by atoms with van der Waals surface area (Å²) in [6.07, 6.45) is 2.66. The van der Waals surface area contributed by atoms with Crippen molar-refractivity contribution in [2.24, 2.45) is 0 Å². The largest absolute Gasteiger partial charge is 0.367 e. The lowest BCUT2D eigenvalue weighted by atomic mass is 9.99. The minimum Gasteiger partial charge on any atom is -0.367 e. The van der Waals surface area contributed by atoms with E-state index in [1.165, 1.54) is 4.31 Å². The summed E-state index contributed by atoms with van der Waals surface area (Å²) in [5.74, 6) is 0.819. The highest BCUT2D eigenvalue weighted by molar-refractivity contribution is 7.89. The van der Waals surface area contributed by atoms with E-state index in [-0.39, 0.29) is 25.0 Å². The summed E-state index contributed by atoms with van der Waals surface area (Å²) >= 11 is 0. The molecule has 2 heterocycles. The van der Waals surface area contributed by atoms with Gasteiger partial charge in [0, 0.05) is 38.4 Å². The summed E-state index contributed by atoms with van der Waals surface area (Å²) in [6.45, 7) is 9.46. The van der Waals surface area contributed by atoms with E-state index in [2.05, 4.69) is 24.1 Å². The molecule has 1 aliphatic rings. The van der Waals surface area contributed by atoms with Crippen molar-refractivity contribution in [3.05, 3.63) is 53.7 Å². The van der Waals surface area contributed by atoms with E-state index in [1.807, 2.05) is 26.0 Å². The van der Waals surface area contributed by atoms with Crippen LogP contribution < -0.4 is 5.32 Å². The Morgan fingerprint density at radius 1 is 1.06 bits per heavy atom. The lowest BCUT2D eigenvalue weighted by Gasteiger charge is -2.34. The Morgan fingerprint density at radius 3 is 2.29 bits per heavy atom. The Bertz CT molecular complexity index is 998. The number of carbonyl (C=O) groups is 1. The Morgan fingerprint density at radius 2 is 1.71 bits per heavy atom. The number of aromatic nitrogens is 1. The summed E-state index contributed by atoms with van der Waals surface area (Å²) in [6, 6.07) is 10.8. The fourth-order valence-electron chi connectivity index (χ4n) is 3.62. The summed E-state index contributed by atoms with van der Waals surface area (Å²) < 4.78 is 27.6. The third-order valence-corrected chi connectivity index (χ3v) is 7.60. The number of pyridine rings is 1. The van der Waals surface area contributed by atoms with Gasteiger partial charge in [-0.1, -0.05) is 26.0 Å². The van der Waals surface area contributed by atoms with E-state index in [0.29, 0.717) is 35.3 Å². The molecule has 1 aromatic heterocycles. The predicted octanol–water partition coefficient (Wildman–Crippen LogP) is 3.56. The molecular weight excluding hydrogens is 412 g/mol. The van der Waals surface area contributed by atoms with Crippen LogP contribution in [0.15, 0.2) is 47.5 Å². The monoisotopic (exact) mass is 444 g/mol. The van der Waals surface area contributed by atoms with Crippen molar-refractivity contribution in [2.45, 2.75) is 51.0 Å². The topological polar surface area (TPSA) is 82.6 Å². The van der Waals surface area contributed by atoms with Gasteiger partial charge in [0.2, 0.25) is 10.0 Å². The molecule has 1 atom stereocenters. The summed E-state index contributed by atoms with van der Waals surface area (Å²) in [5, 5.41) is 3.20. The quantitative estimate of drug-likeness (QED) is 0.706. The van der Waals surface area contributed by atoms with E-state index < -0.39 is 10.0 Å². The van der Waals surface area contributed by atoms with Gasteiger partial charge in [0.15, 0.2) is 0 Å². The van der Waals surface area contributed by atoms with Gasteiger partial charge in [0.05, 0.1) is 10.5 Å². The van der Waals surface area contributed by atoms with Crippen LogP contribution in [-0.2, 0) is 10.0 Å². The van der Waals surface area contributed by atoms with Crippen molar-refractivity contribution in [3.8, 4) is 0 Å². The maximum Gasteiger partial charge on any atom is 0.257 e. The average molecular weight is 445 g/mol. The van der Waals surface area contributed by atoms with Crippen LogP contribution in [0.2, 0.25) is 0 Å². The molecule has 1 saturated heterocycles. The Hall–Kier alpha value is -2.45. The first-order chi connectivity index (χ1) is 14.7. The first kappa shape index (κ1) is 23.2. The first-order valence-corrected chi connectivity index (χ1v) is 12.3. The second-order valence-corrected chi connectivity index (χ2v) is 10.2. The molecule has 1 fully saturated rings. The van der Waals surface area contributed by atoms with E-state index in [9.17, 15) is 13.2 Å². The van der Waals surface area contributed by atoms with Gasteiger partial charge in [0.25, 0.3) is 5.91 Å². The van der Waals surface area contributed by atoms with Gasteiger partial charge in [-0.25, -0.2) is 13.4 Å². The molecule has 1 N–H and O–H groups in total. The number of benzene rings is 1. The highest BCUT2D eigenvalue weighted by Gasteiger charge is 2.31. The second kappa shape index (κ2) is 9.78. The average Bonchev–Trinajstić information content (AvgIpc) is 2.78. The molecule has 0 radical (unpaired) electrons. The fourth-order valence-corrected chi connectivity index (χ4v) is 5.04. The zero-order chi connectivity index (χ0) is 22.6. The standard InChI is InChI=1S/C23H32N4O3S/c1-5-18(4)19-8-10-20(11-9-19)31(29,30)27-15-13-26(14-16-27)23(28)21-7-6-12-24-22(21)25-17(2)3/h6-12,17-18H,5,13-16H2,1-4H3,(H,24,25). The van der Waals surface area contributed by atoms with E-state index in [4.69, 9.17) is 0 Å². The number of piperazine rings is 1. The van der Waals surface area contributed by atoms with Crippen LogP contribution in [-0.4, -0.2) is 60.7 Å². The summed E-state index contributed by atoms with van der Waals surface area (Å²) in [4.78, 5) is 19.3. The molecular formula is C23H32N4O3S. The normalized spacial score (nSPS) is 16.4. The van der Waals surface area contributed by atoms with Crippen LogP contribution >= 0.6 is 0 Å². The van der Waals surface area contributed by atoms with Gasteiger partial charge in [-0.2, -0.15) is 4.31 Å². The summed E-state index contributed by atoms with van der Waals surface area (Å²) in [5.41, 5.74) is 1.65. The lowest BCUT2D eigenvalue weighted by Crippen LogP contribution is -2.50. The van der Waals surface area contributed by atoms with Gasteiger partial charge < -0.3 is 10.2 Å². The fraction of sp³-hybridized carbons (Fsp3) is 0.478. The number of hydrogen-bond donors (Lipinski definition) is 1. The molecule has 0 saturated carbocycles. The molecule has 8 heteroatoms. The minimum absolute atomic E-state index is 0.133. The smallest absolute Gasteiger partial charge is 0.257 e. The Kier molecular flexibility index (Phi) is 7.33. The number of carbonyl (C=O) groups excluding carboxylic acids is 1. The molecule has 1 amide bonds.